The summed E-state index contributed by atoms with van der Waals surface area (Å²) in [6.45, 7) is 5.56. The van der Waals surface area contributed by atoms with Crippen LogP contribution < -0.4 is 16.0 Å². The van der Waals surface area contributed by atoms with Crippen molar-refractivity contribution in [3.8, 4) is 16.8 Å². The monoisotopic (exact) mass is 528 g/mol. The summed E-state index contributed by atoms with van der Waals surface area (Å²) in [6, 6.07) is 21.1. The van der Waals surface area contributed by atoms with Gasteiger partial charge in [0.2, 0.25) is 5.91 Å². The van der Waals surface area contributed by atoms with E-state index in [1.165, 1.54) is 10.5 Å². The molecule has 0 unspecified atom stereocenters. The Labute approximate surface area is 226 Å². The smallest absolute Gasteiger partial charge is 0.279 e. The van der Waals surface area contributed by atoms with Crippen molar-refractivity contribution in [3.05, 3.63) is 88.8 Å². The molecule has 38 heavy (non-hydrogen) atoms. The van der Waals surface area contributed by atoms with Crippen LogP contribution in [0.1, 0.15) is 28.8 Å². The molecule has 0 atom stereocenters. The molecule has 194 valence electrons. The van der Waals surface area contributed by atoms with Gasteiger partial charge >= 0.3 is 0 Å². The predicted octanol–water partition coefficient (Wildman–Crippen LogP) is 5.13. The van der Waals surface area contributed by atoms with Crippen LogP contribution in [-0.4, -0.2) is 46.4 Å². The lowest BCUT2D eigenvalue weighted by atomic mass is 9.99. The number of nitrogen functional groups attached to an aromatic ring is 1. The maximum atomic E-state index is 13.9. The minimum atomic E-state index is -0.342. The SMILES string of the molecule is CCN(C)Cc1ccccc1-c1ccc(N2CC(=O)Nc3nc(C)n(-c4ccc(Cl)c(N)c4)c3C2=O)cc1. The quantitative estimate of drug-likeness (QED) is 0.338. The van der Waals surface area contributed by atoms with Gasteiger partial charge in [-0.15, -0.1) is 0 Å². The van der Waals surface area contributed by atoms with Crippen molar-refractivity contribution >= 4 is 40.6 Å². The molecule has 2 heterocycles. The molecule has 2 amide bonds. The summed E-state index contributed by atoms with van der Waals surface area (Å²) in [6.07, 6.45) is 0. The second kappa shape index (κ2) is 10.3. The van der Waals surface area contributed by atoms with Crippen LogP contribution in [0.15, 0.2) is 66.7 Å². The predicted molar refractivity (Wildman–Crippen MR) is 152 cm³/mol. The number of amides is 2. The van der Waals surface area contributed by atoms with Gasteiger partial charge in [-0.05, 0) is 67.5 Å². The number of nitrogens with two attached hydrogens (primary N) is 1. The molecule has 0 spiro atoms. The Balaban J connectivity index is 1.52. The first-order valence-electron chi connectivity index (χ1n) is 12.4. The largest absolute Gasteiger partial charge is 0.397 e. The second-order valence-electron chi connectivity index (χ2n) is 9.37. The topological polar surface area (TPSA) is 96.5 Å². The molecule has 0 fully saturated rings. The number of carbonyl (C=O) groups excluding carboxylic acids is 2. The first-order chi connectivity index (χ1) is 18.3. The fraction of sp³-hybridized carbons (Fsp3) is 0.207. The van der Waals surface area contributed by atoms with Crippen molar-refractivity contribution in [3.63, 3.8) is 0 Å². The van der Waals surface area contributed by atoms with Gasteiger partial charge in [-0.1, -0.05) is 54.9 Å². The van der Waals surface area contributed by atoms with E-state index in [1.807, 2.05) is 36.4 Å². The van der Waals surface area contributed by atoms with Crippen LogP contribution in [0.3, 0.4) is 0 Å². The Hall–Kier alpha value is -4.14. The van der Waals surface area contributed by atoms with Crippen molar-refractivity contribution < 1.29 is 9.59 Å². The minimum Gasteiger partial charge on any atom is -0.397 e. The van der Waals surface area contributed by atoms with Crippen molar-refractivity contribution in [2.75, 3.05) is 36.1 Å². The number of imidazole rings is 1. The number of hydrogen-bond donors (Lipinski definition) is 2. The Morgan fingerprint density at radius 1 is 1.05 bits per heavy atom. The normalized spacial score (nSPS) is 13.4. The highest BCUT2D eigenvalue weighted by Gasteiger charge is 2.33. The molecule has 0 saturated heterocycles. The zero-order chi connectivity index (χ0) is 27.0. The third-order valence-corrected chi connectivity index (χ3v) is 7.12. The molecule has 0 radical (unpaired) electrons. The zero-order valence-corrected chi connectivity index (χ0v) is 22.3. The number of fused-ring (bicyclic) bond motifs is 1. The van der Waals surface area contributed by atoms with E-state index in [2.05, 4.69) is 41.3 Å². The van der Waals surface area contributed by atoms with Gasteiger partial charge in [0, 0.05) is 17.9 Å². The van der Waals surface area contributed by atoms with Crippen molar-refractivity contribution in [1.82, 2.24) is 14.5 Å². The molecule has 9 heteroatoms. The lowest BCUT2D eigenvalue weighted by Gasteiger charge is -2.22. The molecule has 5 rings (SSSR count). The molecule has 1 aromatic heterocycles. The molecule has 1 aliphatic rings. The third kappa shape index (κ3) is 4.76. The van der Waals surface area contributed by atoms with E-state index < -0.39 is 0 Å². The molecular formula is C29H29ClN6O2. The number of rotatable bonds is 6. The first-order valence-corrected chi connectivity index (χ1v) is 12.8. The molecule has 3 aromatic carbocycles. The van der Waals surface area contributed by atoms with E-state index in [1.54, 1.807) is 29.7 Å². The number of nitrogens with zero attached hydrogens (tertiary/aromatic N) is 4. The molecule has 0 saturated carbocycles. The van der Waals surface area contributed by atoms with E-state index in [4.69, 9.17) is 17.3 Å². The number of carbonyl (C=O) groups is 2. The van der Waals surface area contributed by atoms with E-state index in [-0.39, 0.29) is 29.9 Å². The average molecular weight is 529 g/mol. The van der Waals surface area contributed by atoms with Crippen molar-refractivity contribution in [2.45, 2.75) is 20.4 Å². The van der Waals surface area contributed by atoms with E-state index >= 15 is 0 Å². The molecule has 3 N–H and O–H groups in total. The summed E-state index contributed by atoms with van der Waals surface area (Å²) in [5.41, 5.74) is 11.3. The van der Waals surface area contributed by atoms with E-state index in [0.29, 0.717) is 27.9 Å². The standard InChI is InChI=1S/C29H29ClN6O2/c1-4-34(3)16-20-7-5-6-8-23(20)19-9-11-21(12-10-19)35-17-26(37)33-28-27(29(35)38)36(18(2)32-28)22-13-14-24(30)25(31)15-22/h5-15H,4,16-17,31H2,1-3H3,(H,33,37). The highest BCUT2D eigenvalue weighted by Crippen LogP contribution is 2.32. The number of hydrogen-bond acceptors (Lipinski definition) is 5. The van der Waals surface area contributed by atoms with Crippen molar-refractivity contribution in [2.24, 2.45) is 0 Å². The summed E-state index contributed by atoms with van der Waals surface area (Å²) in [5, 5.41) is 3.20. The van der Waals surface area contributed by atoms with Gasteiger partial charge in [0.15, 0.2) is 11.5 Å². The van der Waals surface area contributed by atoms with Crippen LogP contribution in [0.4, 0.5) is 17.2 Å². The maximum absolute atomic E-state index is 13.9. The van der Waals surface area contributed by atoms with Gasteiger partial charge in [-0.3, -0.25) is 19.1 Å². The van der Waals surface area contributed by atoms with Crippen LogP contribution >= 0.6 is 11.6 Å². The number of aromatic nitrogens is 2. The number of aryl methyl sites for hydroxylation is 1. The van der Waals surface area contributed by atoms with Crippen molar-refractivity contribution in [1.29, 1.82) is 0 Å². The fourth-order valence-electron chi connectivity index (χ4n) is 4.69. The number of nitrogens with one attached hydrogen (secondary N) is 1. The lowest BCUT2D eigenvalue weighted by Crippen LogP contribution is -2.36. The second-order valence-corrected chi connectivity index (χ2v) is 9.78. The van der Waals surface area contributed by atoms with Crippen LogP contribution in [0, 0.1) is 6.92 Å². The van der Waals surface area contributed by atoms with Gasteiger partial charge in [0.1, 0.15) is 12.4 Å². The molecule has 4 aromatic rings. The van der Waals surface area contributed by atoms with Crippen LogP contribution in [0.25, 0.3) is 16.8 Å². The maximum Gasteiger partial charge on any atom is 0.279 e. The molecule has 1 aliphatic heterocycles. The lowest BCUT2D eigenvalue weighted by molar-refractivity contribution is -0.114. The number of anilines is 3. The van der Waals surface area contributed by atoms with Gasteiger partial charge < -0.3 is 16.0 Å². The average Bonchev–Trinajstić information content (AvgIpc) is 3.17. The Kier molecular flexibility index (Phi) is 6.93. The Morgan fingerprint density at radius 2 is 1.76 bits per heavy atom. The highest BCUT2D eigenvalue weighted by molar-refractivity contribution is 6.33. The summed E-state index contributed by atoms with van der Waals surface area (Å²) in [7, 11) is 2.09. The molecule has 0 bridgehead atoms. The van der Waals surface area contributed by atoms with E-state index in [0.717, 1.165) is 24.2 Å². The van der Waals surface area contributed by atoms with Gasteiger partial charge in [0.05, 0.1) is 10.7 Å². The molecule has 8 nitrogen and oxygen atoms in total. The van der Waals surface area contributed by atoms with Gasteiger partial charge in [-0.2, -0.15) is 0 Å². The van der Waals surface area contributed by atoms with Gasteiger partial charge in [-0.25, -0.2) is 4.98 Å². The zero-order valence-electron chi connectivity index (χ0n) is 21.5. The highest BCUT2D eigenvalue weighted by atomic mass is 35.5. The summed E-state index contributed by atoms with van der Waals surface area (Å²) in [5.74, 6) is 0.0925. The van der Waals surface area contributed by atoms with Crippen LogP contribution in [-0.2, 0) is 11.3 Å². The molecular weight excluding hydrogens is 500 g/mol. The van der Waals surface area contributed by atoms with E-state index in [9.17, 15) is 9.59 Å². The Morgan fingerprint density at radius 3 is 2.47 bits per heavy atom. The Bertz CT molecular complexity index is 1530. The number of benzene rings is 3. The summed E-state index contributed by atoms with van der Waals surface area (Å²) in [4.78, 5) is 34.9. The summed E-state index contributed by atoms with van der Waals surface area (Å²) < 4.78 is 1.69. The minimum absolute atomic E-state index is 0.131. The van der Waals surface area contributed by atoms with Gasteiger partial charge in [0.25, 0.3) is 5.91 Å². The summed E-state index contributed by atoms with van der Waals surface area (Å²) >= 11 is 6.12. The number of halogens is 1. The van der Waals surface area contributed by atoms with Crippen LogP contribution in [0.5, 0.6) is 0 Å². The van der Waals surface area contributed by atoms with Crippen LogP contribution in [0.2, 0.25) is 5.02 Å². The molecule has 0 aliphatic carbocycles. The third-order valence-electron chi connectivity index (χ3n) is 6.78. The fourth-order valence-corrected chi connectivity index (χ4v) is 4.81. The first kappa shape index (κ1) is 25.5.